The van der Waals surface area contributed by atoms with Crippen molar-refractivity contribution in [2.75, 3.05) is 26.2 Å². The molecule has 0 bridgehead atoms. The molecule has 1 unspecified atom stereocenters. The molecular formula is C25H34N4O2. The summed E-state index contributed by atoms with van der Waals surface area (Å²) in [5.41, 5.74) is 2.77. The van der Waals surface area contributed by atoms with Gasteiger partial charge in [-0.2, -0.15) is 0 Å². The molecule has 0 saturated carbocycles. The first kappa shape index (κ1) is 21.8. The van der Waals surface area contributed by atoms with E-state index in [0.29, 0.717) is 25.0 Å². The molecule has 0 radical (unpaired) electrons. The lowest BCUT2D eigenvalue weighted by molar-refractivity contribution is 0.0711. The minimum Gasteiger partial charge on any atom is -0.339 e. The molecule has 1 amide bonds. The van der Waals surface area contributed by atoms with E-state index in [1.54, 1.807) is 6.07 Å². The van der Waals surface area contributed by atoms with E-state index in [1.165, 1.54) is 0 Å². The Morgan fingerprint density at radius 1 is 1.06 bits per heavy atom. The highest BCUT2D eigenvalue weighted by molar-refractivity contribution is 5.94. The van der Waals surface area contributed by atoms with Gasteiger partial charge in [0.05, 0.1) is 5.69 Å². The summed E-state index contributed by atoms with van der Waals surface area (Å²) in [7, 11) is 0. The van der Waals surface area contributed by atoms with Crippen molar-refractivity contribution in [1.29, 1.82) is 0 Å². The van der Waals surface area contributed by atoms with Crippen LogP contribution in [0, 0.1) is 6.92 Å². The third-order valence-electron chi connectivity index (χ3n) is 6.85. The largest absolute Gasteiger partial charge is 0.339 e. The van der Waals surface area contributed by atoms with Gasteiger partial charge in [-0.25, -0.2) is 4.98 Å². The van der Waals surface area contributed by atoms with E-state index in [4.69, 9.17) is 4.98 Å². The van der Waals surface area contributed by atoms with Gasteiger partial charge in [0, 0.05) is 49.1 Å². The van der Waals surface area contributed by atoms with Crippen molar-refractivity contribution in [3.8, 4) is 0 Å². The maximum Gasteiger partial charge on any atom is 0.253 e. The third-order valence-corrected chi connectivity index (χ3v) is 6.85. The number of carbonyl (C=O) groups is 1. The molecule has 0 spiro atoms. The molecule has 31 heavy (non-hydrogen) atoms. The van der Waals surface area contributed by atoms with E-state index in [2.05, 4.69) is 23.7 Å². The Hall–Kier alpha value is -2.47. The number of hydrogen-bond acceptors (Lipinski definition) is 4. The predicted molar refractivity (Wildman–Crippen MR) is 123 cm³/mol. The van der Waals surface area contributed by atoms with Gasteiger partial charge in [0.2, 0.25) is 0 Å². The van der Waals surface area contributed by atoms with Crippen LogP contribution in [0.5, 0.6) is 0 Å². The minimum atomic E-state index is -0.0557. The average Bonchev–Trinajstić information content (AvgIpc) is 2.79. The van der Waals surface area contributed by atoms with Crippen LogP contribution in [0.3, 0.4) is 0 Å². The standard InChI is InChI=1S/C25H34N4O2/c1-17(2)29-12-4-5-21(16-29)22-15-23(30)27-24(26-22)19-10-13-28(14-11-19)25(31)20-8-6-18(3)7-9-20/h6-9,15,17,19,21H,4-5,10-14,16H2,1-3H3,(H,26,27,30). The van der Waals surface area contributed by atoms with Crippen LogP contribution in [0.4, 0.5) is 0 Å². The number of carbonyl (C=O) groups excluding carboxylic acids is 1. The van der Waals surface area contributed by atoms with Gasteiger partial charge in [0.25, 0.3) is 11.5 Å². The first-order valence-electron chi connectivity index (χ1n) is 11.6. The third kappa shape index (κ3) is 5.06. The number of hydrogen-bond donors (Lipinski definition) is 1. The zero-order valence-corrected chi connectivity index (χ0v) is 18.9. The lowest BCUT2D eigenvalue weighted by atomic mass is 9.92. The van der Waals surface area contributed by atoms with Crippen LogP contribution in [0.25, 0.3) is 0 Å². The summed E-state index contributed by atoms with van der Waals surface area (Å²) in [6.45, 7) is 9.95. The smallest absolute Gasteiger partial charge is 0.253 e. The highest BCUT2D eigenvalue weighted by Gasteiger charge is 2.28. The zero-order valence-electron chi connectivity index (χ0n) is 18.9. The van der Waals surface area contributed by atoms with Crippen molar-refractivity contribution in [3.05, 3.63) is 63.3 Å². The number of amides is 1. The van der Waals surface area contributed by atoms with Gasteiger partial charge in [0.1, 0.15) is 5.82 Å². The number of nitrogens with one attached hydrogen (secondary N) is 1. The fourth-order valence-corrected chi connectivity index (χ4v) is 4.85. The van der Waals surface area contributed by atoms with Gasteiger partial charge in [-0.05, 0) is 65.1 Å². The van der Waals surface area contributed by atoms with Crippen LogP contribution in [0.15, 0.2) is 35.1 Å². The summed E-state index contributed by atoms with van der Waals surface area (Å²) in [5.74, 6) is 1.40. The summed E-state index contributed by atoms with van der Waals surface area (Å²) < 4.78 is 0. The first-order valence-corrected chi connectivity index (χ1v) is 11.6. The number of aromatic nitrogens is 2. The Labute approximate surface area is 184 Å². The molecule has 2 aromatic rings. The summed E-state index contributed by atoms with van der Waals surface area (Å²) in [6, 6.07) is 9.96. The van der Waals surface area contributed by atoms with Gasteiger partial charge in [-0.15, -0.1) is 0 Å². The molecule has 1 N–H and O–H groups in total. The second kappa shape index (κ2) is 9.35. The van der Waals surface area contributed by atoms with Crippen LogP contribution < -0.4 is 5.56 Å². The van der Waals surface area contributed by atoms with Gasteiger partial charge < -0.3 is 14.8 Å². The Bertz CT molecular complexity index is 958. The van der Waals surface area contributed by atoms with E-state index in [9.17, 15) is 9.59 Å². The number of nitrogens with zero attached hydrogens (tertiary/aromatic N) is 3. The first-order chi connectivity index (χ1) is 14.9. The monoisotopic (exact) mass is 422 g/mol. The molecule has 2 saturated heterocycles. The van der Waals surface area contributed by atoms with Crippen molar-refractivity contribution >= 4 is 5.91 Å². The number of aromatic amines is 1. The maximum atomic E-state index is 12.8. The van der Waals surface area contributed by atoms with Crippen LogP contribution in [-0.4, -0.2) is 57.9 Å². The van der Waals surface area contributed by atoms with Gasteiger partial charge in [-0.1, -0.05) is 17.7 Å². The second-order valence-electron chi connectivity index (χ2n) is 9.42. The molecular weight excluding hydrogens is 388 g/mol. The average molecular weight is 423 g/mol. The molecule has 2 fully saturated rings. The number of piperidine rings is 2. The van der Waals surface area contributed by atoms with E-state index in [-0.39, 0.29) is 17.4 Å². The van der Waals surface area contributed by atoms with Crippen molar-refractivity contribution in [1.82, 2.24) is 19.8 Å². The van der Waals surface area contributed by atoms with Gasteiger partial charge >= 0.3 is 0 Å². The summed E-state index contributed by atoms with van der Waals surface area (Å²) in [4.78, 5) is 37.5. The van der Waals surface area contributed by atoms with Crippen molar-refractivity contribution < 1.29 is 4.79 Å². The molecule has 1 aromatic heterocycles. The molecule has 6 heteroatoms. The fourth-order valence-electron chi connectivity index (χ4n) is 4.85. The zero-order chi connectivity index (χ0) is 22.0. The van der Waals surface area contributed by atoms with Crippen molar-refractivity contribution in [2.45, 2.75) is 64.3 Å². The highest BCUT2D eigenvalue weighted by Crippen LogP contribution is 2.29. The fraction of sp³-hybridized carbons (Fsp3) is 0.560. The van der Waals surface area contributed by atoms with E-state index in [0.717, 1.165) is 61.4 Å². The summed E-state index contributed by atoms with van der Waals surface area (Å²) in [6.07, 6.45) is 3.88. The Balaban J connectivity index is 1.43. The maximum absolute atomic E-state index is 12.8. The quantitative estimate of drug-likeness (QED) is 0.816. The molecule has 1 atom stereocenters. The number of rotatable bonds is 4. The molecule has 4 rings (SSSR count). The second-order valence-corrected chi connectivity index (χ2v) is 9.42. The normalized spacial score (nSPS) is 20.9. The molecule has 3 heterocycles. The van der Waals surface area contributed by atoms with E-state index >= 15 is 0 Å². The van der Waals surface area contributed by atoms with Crippen LogP contribution >= 0.6 is 0 Å². The van der Waals surface area contributed by atoms with Crippen molar-refractivity contribution in [3.63, 3.8) is 0 Å². The predicted octanol–water partition coefficient (Wildman–Crippen LogP) is 3.69. The minimum absolute atomic E-state index is 0.0557. The molecule has 2 aliphatic rings. The van der Waals surface area contributed by atoms with E-state index in [1.807, 2.05) is 36.1 Å². The lowest BCUT2D eigenvalue weighted by Gasteiger charge is -2.35. The molecule has 0 aliphatic carbocycles. The number of H-pyrrole nitrogens is 1. The number of likely N-dealkylation sites (tertiary alicyclic amines) is 2. The number of aryl methyl sites for hydroxylation is 1. The highest BCUT2D eigenvalue weighted by atomic mass is 16.2. The van der Waals surface area contributed by atoms with Crippen molar-refractivity contribution in [2.24, 2.45) is 0 Å². The van der Waals surface area contributed by atoms with Gasteiger partial charge in [-0.3, -0.25) is 9.59 Å². The molecule has 1 aromatic carbocycles. The Morgan fingerprint density at radius 2 is 1.77 bits per heavy atom. The molecule has 6 nitrogen and oxygen atoms in total. The Morgan fingerprint density at radius 3 is 2.45 bits per heavy atom. The summed E-state index contributed by atoms with van der Waals surface area (Å²) >= 11 is 0. The van der Waals surface area contributed by atoms with Gasteiger partial charge in [0.15, 0.2) is 0 Å². The topological polar surface area (TPSA) is 69.3 Å². The number of benzene rings is 1. The SMILES string of the molecule is Cc1ccc(C(=O)N2CCC(c3nc(C4CCCN(C(C)C)C4)cc(=O)[nH]3)CC2)cc1. The Kier molecular flexibility index (Phi) is 6.56. The molecule has 166 valence electrons. The molecule has 2 aliphatic heterocycles. The van der Waals surface area contributed by atoms with E-state index < -0.39 is 0 Å². The van der Waals surface area contributed by atoms with Crippen LogP contribution in [-0.2, 0) is 0 Å². The summed E-state index contributed by atoms with van der Waals surface area (Å²) in [5, 5.41) is 0. The van der Waals surface area contributed by atoms with Crippen LogP contribution in [0.1, 0.15) is 78.8 Å². The van der Waals surface area contributed by atoms with Crippen LogP contribution in [0.2, 0.25) is 0 Å². The lowest BCUT2D eigenvalue weighted by Crippen LogP contribution is -2.40.